The highest BCUT2D eigenvalue weighted by molar-refractivity contribution is 9.10. The Morgan fingerprint density at radius 3 is 2.42 bits per heavy atom. The minimum atomic E-state index is -0.180. The minimum absolute atomic E-state index is 0.0178. The number of likely N-dealkylation sites (N-methyl/N-ethyl adjacent to an activating group) is 1. The maximum atomic E-state index is 14.0. The molecule has 3 heteroatoms. The van der Waals surface area contributed by atoms with Crippen molar-refractivity contribution < 1.29 is 4.39 Å². The largest absolute Gasteiger partial charge is 0.313 e. The van der Waals surface area contributed by atoms with Crippen LogP contribution in [0, 0.1) is 12.7 Å². The molecule has 2 aromatic rings. The zero-order valence-corrected chi connectivity index (χ0v) is 12.7. The lowest BCUT2D eigenvalue weighted by atomic mass is 9.98. The van der Waals surface area contributed by atoms with Gasteiger partial charge in [-0.1, -0.05) is 51.8 Å². The van der Waals surface area contributed by atoms with Crippen LogP contribution < -0.4 is 5.32 Å². The van der Waals surface area contributed by atoms with Gasteiger partial charge in [-0.2, -0.15) is 0 Å². The zero-order valence-electron chi connectivity index (χ0n) is 11.1. The van der Waals surface area contributed by atoms with Crippen LogP contribution >= 0.6 is 15.9 Å². The van der Waals surface area contributed by atoms with Gasteiger partial charge in [0.15, 0.2) is 0 Å². The maximum Gasteiger partial charge on any atom is 0.129 e. The smallest absolute Gasteiger partial charge is 0.129 e. The molecule has 0 aliphatic heterocycles. The quantitative estimate of drug-likeness (QED) is 0.880. The molecule has 0 spiro atoms. The van der Waals surface area contributed by atoms with Gasteiger partial charge in [-0.05, 0) is 38.1 Å². The monoisotopic (exact) mass is 321 g/mol. The summed E-state index contributed by atoms with van der Waals surface area (Å²) in [6, 6.07) is 13.5. The van der Waals surface area contributed by atoms with Crippen LogP contribution in [0.2, 0.25) is 0 Å². The fraction of sp³-hybridized carbons (Fsp3) is 0.250. The fourth-order valence-electron chi connectivity index (χ4n) is 2.11. The molecule has 100 valence electrons. The standard InChI is InChI=1S/C16H17BrFN/c1-11-3-5-12(6-4-11)9-16(19-2)14-8-7-13(17)10-15(14)18/h3-8,10,16,19H,9H2,1-2H3. The van der Waals surface area contributed by atoms with Gasteiger partial charge in [0.2, 0.25) is 0 Å². The number of aryl methyl sites for hydroxylation is 1. The summed E-state index contributed by atoms with van der Waals surface area (Å²) < 4.78 is 14.7. The van der Waals surface area contributed by atoms with Crippen molar-refractivity contribution in [3.8, 4) is 0 Å². The first-order valence-corrected chi connectivity index (χ1v) is 7.07. The first-order valence-electron chi connectivity index (χ1n) is 6.28. The Balaban J connectivity index is 2.22. The molecule has 1 unspecified atom stereocenters. The number of halogens is 2. The van der Waals surface area contributed by atoms with Crippen molar-refractivity contribution in [2.45, 2.75) is 19.4 Å². The number of hydrogen-bond donors (Lipinski definition) is 1. The Bertz CT molecular complexity index is 551. The summed E-state index contributed by atoms with van der Waals surface area (Å²) in [5.41, 5.74) is 3.14. The van der Waals surface area contributed by atoms with Crippen LogP contribution in [0.25, 0.3) is 0 Å². The molecule has 0 radical (unpaired) electrons. The Labute approximate surface area is 122 Å². The molecule has 19 heavy (non-hydrogen) atoms. The van der Waals surface area contributed by atoms with Gasteiger partial charge >= 0.3 is 0 Å². The van der Waals surface area contributed by atoms with Crippen molar-refractivity contribution >= 4 is 15.9 Å². The summed E-state index contributed by atoms with van der Waals surface area (Å²) in [4.78, 5) is 0. The van der Waals surface area contributed by atoms with Crippen LogP contribution in [0.3, 0.4) is 0 Å². The van der Waals surface area contributed by atoms with Crippen LogP contribution in [0.5, 0.6) is 0 Å². The second-order valence-electron chi connectivity index (χ2n) is 4.70. The van der Waals surface area contributed by atoms with Crippen LogP contribution in [0.15, 0.2) is 46.9 Å². The summed E-state index contributed by atoms with van der Waals surface area (Å²) in [6.07, 6.45) is 0.773. The van der Waals surface area contributed by atoms with E-state index in [2.05, 4.69) is 52.4 Å². The van der Waals surface area contributed by atoms with E-state index in [-0.39, 0.29) is 11.9 Å². The molecule has 0 fully saturated rings. The van der Waals surface area contributed by atoms with E-state index in [1.54, 1.807) is 0 Å². The Hall–Kier alpha value is -1.19. The van der Waals surface area contributed by atoms with E-state index < -0.39 is 0 Å². The molecule has 0 saturated heterocycles. The summed E-state index contributed by atoms with van der Waals surface area (Å²) in [5, 5.41) is 3.19. The van der Waals surface area contributed by atoms with Gasteiger partial charge < -0.3 is 5.32 Å². The fourth-order valence-corrected chi connectivity index (χ4v) is 2.44. The third kappa shape index (κ3) is 3.64. The van der Waals surface area contributed by atoms with Crippen LogP contribution in [-0.2, 0) is 6.42 Å². The van der Waals surface area contributed by atoms with E-state index in [1.165, 1.54) is 17.2 Å². The maximum absolute atomic E-state index is 14.0. The SMILES string of the molecule is CNC(Cc1ccc(C)cc1)c1ccc(Br)cc1F. The molecule has 1 atom stereocenters. The van der Waals surface area contributed by atoms with E-state index >= 15 is 0 Å². The lowest BCUT2D eigenvalue weighted by Crippen LogP contribution is -2.20. The van der Waals surface area contributed by atoms with Crippen LogP contribution in [-0.4, -0.2) is 7.05 Å². The Morgan fingerprint density at radius 2 is 1.84 bits per heavy atom. The third-order valence-corrected chi connectivity index (χ3v) is 3.74. The number of rotatable bonds is 4. The van der Waals surface area contributed by atoms with Crippen LogP contribution in [0.4, 0.5) is 4.39 Å². The molecule has 2 rings (SSSR count). The molecule has 0 aromatic heterocycles. The molecule has 1 N–H and O–H groups in total. The summed E-state index contributed by atoms with van der Waals surface area (Å²) in [7, 11) is 1.86. The number of nitrogens with one attached hydrogen (secondary N) is 1. The van der Waals surface area contributed by atoms with Crippen molar-refractivity contribution in [3.63, 3.8) is 0 Å². The highest BCUT2D eigenvalue weighted by Gasteiger charge is 2.14. The molecular formula is C16H17BrFN. The van der Waals surface area contributed by atoms with Crippen molar-refractivity contribution in [3.05, 3.63) is 69.4 Å². The third-order valence-electron chi connectivity index (χ3n) is 3.25. The van der Waals surface area contributed by atoms with Crippen molar-refractivity contribution in [1.82, 2.24) is 5.32 Å². The highest BCUT2D eigenvalue weighted by atomic mass is 79.9. The number of benzene rings is 2. The van der Waals surface area contributed by atoms with Gasteiger partial charge in [-0.15, -0.1) is 0 Å². The van der Waals surface area contributed by atoms with Gasteiger partial charge in [-0.25, -0.2) is 4.39 Å². The van der Waals surface area contributed by atoms with E-state index in [0.717, 1.165) is 10.9 Å². The molecular weight excluding hydrogens is 305 g/mol. The normalized spacial score (nSPS) is 12.4. The number of hydrogen-bond acceptors (Lipinski definition) is 1. The van der Waals surface area contributed by atoms with E-state index in [9.17, 15) is 4.39 Å². The Morgan fingerprint density at radius 1 is 1.16 bits per heavy atom. The van der Waals surface area contributed by atoms with Gasteiger partial charge in [0.05, 0.1) is 0 Å². The first kappa shape index (κ1) is 14.2. The molecule has 0 aliphatic rings. The van der Waals surface area contributed by atoms with Crippen molar-refractivity contribution in [1.29, 1.82) is 0 Å². The average molecular weight is 322 g/mol. The van der Waals surface area contributed by atoms with Gasteiger partial charge in [0.1, 0.15) is 5.82 Å². The van der Waals surface area contributed by atoms with Crippen LogP contribution in [0.1, 0.15) is 22.7 Å². The molecule has 0 aliphatic carbocycles. The average Bonchev–Trinajstić information content (AvgIpc) is 2.39. The summed E-state index contributed by atoms with van der Waals surface area (Å²) in [6.45, 7) is 2.06. The van der Waals surface area contributed by atoms with E-state index in [1.807, 2.05) is 19.2 Å². The lowest BCUT2D eigenvalue weighted by Gasteiger charge is -2.18. The minimum Gasteiger partial charge on any atom is -0.313 e. The lowest BCUT2D eigenvalue weighted by molar-refractivity contribution is 0.533. The Kier molecular flexibility index (Phi) is 4.72. The van der Waals surface area contributed by atoms with Gasteiger partial charge in [-0.3, -0.25) is 0 Å². The van der Waals surface area contributed by atoms with Gasteiger partial charge in [0, 0.05) is 16.1 Å². The molecule has 0 bridgehead atoms. The highest BCUT2D eigenvalue weighted by Crippen LogP contribution is 2.24. The predicted octanol–water partition coefficient (Wildman–Crippen LogP) is 4.40. The molecule has 0 saturated carbocycles. The molecule has 0 amide bonds. The second kappa shape index (κ2) is 6.31. The topological polar surface area (TPSA) is 12.0 Å². The predicted molar refractivity (Wildman–Crippen MR) is 80.8 cm³/mol. The molecule has 2 aromatic carbocycles. The van der Waals surface area contributed by atoms with Crippen molar-refractivity contribution in [2.24, 2.45) is 0 Å². The van der Waals surface area contributed by atoms with Crippen molar-refractivity contribution in [2.75, 3.05) is 7.05 Å². The zero-order chi connectivity index (χ0) is 13.8. The first-order chi connectivity index (χ1) is 9.10. The molecule has 1 nitrogen and oxygen atoms in total. The summed E-state index contributed by atoms with van der Waals surface area (Å²) >= 11 is 3.28. The van der Waals surface area contributed by atoms with E-state index in [4.69, 9.17) is 0 Å². The molecule has 0 heterocycles. The van der Waals surface area contributed by atoms with E-state index in [0.29, 0.717) is 5.56 Å². The second-order valence-corrected chi connectivity index (χ2v) is 5.61. The van der Waals surface area contributed by atoms with Gasteiger partial charge in [0.25, 0.3) is 0 Å². The summed E-state index contributed by atoms with van der Waals surface area (Å²) in [5.74, 6) is -0.180.